The predicted molar refractivity (Wildman–Crippen MR) is 118 cm³/mol. The van der Waals surface area contributed by atoms with E-state index in [-0.39, 0.29) is 11.7 Å². The van der Waals surface area contributed by atoms with E-state index >= 15 is 0 Å². The fraction of sp³-hybridized carbons (Fsp3) is 0.571. The van der Waals surface area contributed by atoms with Gasteiger partial charge in [0.05, 0.1) is 32.1 Å². The number of carbonyl (C=O) groups excluding carboxylic acids is 1. The second-order valence-electron chi connectivity index (χ2n) is 7.15. The molecule has 0 saturated carbocycles. The highest BCUT2D eigenvalue weighted by Crippen LogP contribution is 2.25. The van der Waals surface area contributed by atoms with Gasteiger partial charge in [-0.25, -0.2) is 0 Å². The van der Waals surface area contributed by atoms with Crippen LogP contribution < -0.4 is 15.0 Å². The Kier molecular flexibility index (Phi) is 9.47. The summed E-state index contributed by atoms with van der Waals surface area (Å²) in [6, 6.07) is 7.77. The zero-order valence-corrected chi connectivity index (χ0v) is 19.0. The van der Waals surface area contributed by atoms with E-state index in [0.717, 1.165) is 36.8 Å². The maximum absolute atomic E-state index is 12.5. The number of carbonyl (C=O) groups is 1. The molecule has 1 aromatic carbocycles. The summed E-state index contributed by atoms with van der Waals surface area (Å²) in [5.74, 6) is 1.88. The molecule has 7 nitrogen and oxygen atoms in total. The SMILES string of the molecule is CCCCn1c(SCC(=O)Nc2ccccc2OCC)nnc1[C@@H](CC)[NH+](C)C. The number of amides is 1. The van der Waals surface area contributed by atoms with Crippen LogP contribution in [-0.4, -0.2) is 47.1 Å². The number of anilines is 1. The molecule has 0 aliphatic rings. The Balaban J connectivity index is 2.09. The topological polar surface area (TPSA) is 73.5 Å². The van der Waals surface area contributed by atoms with Gasteiger partial charge in [-0.2, -0.15) is 0 Å². The van der Waals surface area contributed by atoms with Gasteiger partial charge in [-0.3, -0.25) is 4.79 Å². The smallest absolute Gasteiger partial charge is 0.234 e. The van der Waals surface area contributed by atoms with Crippen molar-refractivity contribution in [1.29, 1.82) is 0 Å². The van der Waals surface area contributed by atoms with E-state index in [9.17, 15) is 4.79 Å². The lowest BCUT2D eigenvalue weighted by molar-refractivity contribution is -0.893. The van der Waals surface area contributed by atoms with Gasteiger partial charge in [0.15, 0.2) is 11.0 Å². The second-order valence-corrected chi connectivity index (χ2v) is 8.09. The van der Waals surface area contributed by atoms with Crippen LogP contribution in [0.2, 0.25) is 0 Å². The maximum atomic E-state index is 12.5. The van der Waals surface area contributed by atoms with Crippen LogP contribution in [0.4, 0.5) is 5.69 Å². The minimum absolute atomic E-state index is 0.0842. The molecule has 0 aliphatic carbocycles. The number of aromatic nitrogens is 3. The Labute approximate surface area is 178 Å². The van der Waals surface area contributed by atoms with Crippen LogP contribution in [0, 0.1) is 0 Å². The summed E-state index contributed by atoms with van der Waals surface area (Å²) < 4.78 is 7.77. The highest BCUT2D eigenvalue weighted by molar-refractivity contribution is 7.99. The van der Waals surface area contributed by atoms with Crippen LogP contribution in [0.25, 0.3) is 0 Å². The molecular weight excluding hydrogens is 386 g/mol. The minimum Gasteiger partial charge on any atom is -0.492 e. The van der Waals surface area contributed by atoms with Gasteiger partial charge in [0.2, 0.25) is 5.91 Å². The van der Waals surface area contributed by atoms with Gasteiger partial charge in [0.1, 0.15) is 11.8 Å². The Morgan fingerprint density at radius 1 is 1.24 bits per heavy atom. The molecule has 8 heteroatoms. The number of hydrogen-bond donors (Lipinski definition) is 2. The number of ether oxygens (including phenoxy) is 1. The molecule has 29 heavy (non-hydrogen) atoms. The van der Waals surface area contributed by atoms with Crippen molar-refractivity contribution in [3.05, 3.63) is 30.1 Å². The lowest BCUT2D eigenvalue weighted by atomic mass is 10.2. The normalized spacial score (nSPS) is 12.2. The van der Waals surface area contributed by atoms with Crippen molar-refractivity contribution >= 4 is 23.4 Å². The number of rotatable bonds is 12. The standard InChI is InChI=1S/C21H33N5O2S/c1-6-9-14-26-20(17(7-2)25(4)5)23-24-21(26)29-15-19(27)22-16-12-10-11-13-18(16)28-8-3/h10-13,17H,6-9,14-15H2,1-5H3,(H,22,27)/p+1/t17-/m1/s1. The summed E-state index contributed by atoms with van der Waals surface area (Å²) in [7, 11) is 4.28. The Bertz CT molecular complexity index is 778. The molecule has 0 unspecified atom stereocenters. The van der Waals surface area contributed by atoms with E-state index in [1.165, 1.54) is 16.7 Å². The van der Waals surface area contributed by atoms with Crippen LogP contribution in [0.15, 0.2) is 29.4 Å². The lowest BCUT2D eigenvalue weighted by Crippen LogP contribution is -3.06. The molecule has 0 fully saturated rings. The first-order valence-corrected chi connectivity index (χ1v) is 11.4. The minimum atomic E-state index is -0.0842. The number of para-hydroxylation sites is 2. The molecule has 1 amide bonds. The summed E-state index contributed by atoms with van der Waals surface area (Å²) in [5.41, 5.74) is 0.690. The van der Waals surface area contributed by atoms with E-state index in [0.29, 0.717) is 24.1 Å². The van der Waals surface area contributed by atoms with Gasteiger partial charge in [-0.15, -0.1) is 10.2 Å². The second kappa shape index (κ2) is 11.8. The zero-order valence-electron chi connectivity index (χ0n) is 18.2. The van der Waals surface area contributed by atoms with Crippen molar-refractivity contribution in [2.75, 3.05) is 31.8 Å². The van der Waals surface area contributed by atoms with Crippen molar-refractivity contribution in [3.63, 3.8) is 0 Å². The quantitative estimate of drug-likeness (QED) is 0.517. The number of nitrogens with one attached hydrogen (secondary N) is 2. The number of quaternary nitrogens is 1. The molecule has 2 rings (SSSR count). The molecule has 0 bridgehead atoms. The third-order valence-electron chi connectivity index (χ3n) is 4.69. The van der Waals surface area contributed by atoms with E-state index in [1.807, 2.05) is 31.2 Å². The number of benzene rings is 1. The fourth-order valence-electron chi connectivity index (χ4n) is 3.21. The molecule has 1 aromatic heterocycles. The summed E-state index contributed by atoms with van der Waals surface area (Å²) >= 11 is 1.43. The van der Waals surface area contributed by atoms with Crippen molar-refractivity contribution in [3.8, 4) is 5.75 Å². The Morgan fingerprint density at radius 2 is 2.00 bits per heavy atom. The number of unbranched alkanes of at least 4 members (excludes halogenated alkanes) is 1. The first-order chi connectivity index (χ1) is 14.0. The van der Waals surface area contributed by atoms with Crippen molar-refractivity contribution in [1.82, 2.24) is 14.8 Å². The van der Waals surface area contributed by atoms with Gasteiger partial charge in [-0.05, 0) is 25.5 Å². The van der Waals surface area contributed by atoms with Crippen molar-refractivity contribution < 1.29 is 14.4 Å². The molecule has 0 radical (unpaired) electrons. The third kappa shape index (κ3) is 6.47. The number of hydrogen-bond acceptors (Lipinski definition) is 5. The molecule has 1 atom stereocenters. The van der Waals surface area contributed by atoms with Crippen LogP contribution >= 0.6 is 11.8 Å². The summed E-state index contributed by atoms with van der Waals surface area (Å²) in [4.78, 5) is 13.9. The molecule has 160 valence electrons. The predicted octanol–water partition coefficient (Wildman–Crippen LogP) is 2.80. The maximum Gasteiger partial charge on any atom is 0.234 e. The van der Waals surface area contributed by atoms with Crippen LogP contribution in [0.1, 0.15) is 51.9 Å². The van der Waals surface area contributed by atoms with Crippen molar-refractivity contribution in [2.45, 2.75) is 57.8 Å². The highest BCUT2D eigenvalue weighted by atomic mass is 32.2. The highest BCUT2D eigenvalue weighted by Gasteiger charge is 2.25. The van der Waals surface area contributed by atoms with Crippen LogP contribution in [0.3, 0.4) is 0 Å². The lowest BCUT2D eigenvalue weighted by Gasteiger charge is -2.20. The summed E-state index contributed by atoms with van der Waals surface area (Å²) in [5, 5.41) is 12.6. The molecule has 2 N–H and O–H groups in total. The first-order valence-electron chi connectivity index (χ1n) is 10.4. The molecular formula is C21H34N5O2S+. The Morgan fingerprint density at radius 3 is 2.66 bits per heavy atom. The molecule has 0 aliphatic heterocycles. The zero-order chi connectivity index (χ0) is 21.2. The summed E-state index contributed by atoms with van der Waals surface area (Å²) in [6.45, 7) is 7.70. The van der Waals surface area contributed by atoms with E-state index < -0.39 is 0 Å². The van der Waals surface area contributed by atoms with Crippen molar-refractivity contribution in [2.24, 2.45) is 0 Å². The van der Waals surface area contributed by atoms with Gasteiger partial charge >= 0.3 is 0 Å². The molecule has 1 heterocycles. The van der Waals surface area contributed by atoms with E-state index in [2.05, 4.69) is 48.0 Å². The van der Waals surface area contributed by atoms with Crippen LogP contribution in [-0.2, 0) is 11.3 Å². The van der Waals surface area contributed by atoms with Gasteiger partial charge < -0.3 is 19.5 Å². The number of thioether (sulfide) groups is 1. The third-order valence-corrected chi connectivity index (χ3v) is 5.66. The van der Waals surface area contributed by atoms with Gasteiger partial charge in [0, 0.05) is 13.0 Å². The average molecular weight is 421 g/mol. The van der Waals surface area contributed by atoms with E-state index in [4.69, 9.17) is 4.74 Å². The van der Waals surface area contributed by atoms with Gasteiger partial charge in [0.25, 0.3) is 0 Å². The Hall–Kier alpha value is -2.06. The van der Waals surface area contributed by atoms with Gasteiger partial charge in [-0.1, -0.05) is 44.2 Å². The number of nitrogens with zero attached hydrogens (tertiary/aromatic N) is 3. The van der Waals surface area contributed by atoms with Crippen LogP contribution in [0.5, 0.6) is 5.75 Å². The molecule has 0 spiro atoms. The summed E-state index contributed by atoms with van der Waals surface area (Å²) in [6.07, 6.45) is 3.15. The first kappa shape index (κ1) is 23.2. The average Bonchev–Trinajstić information content (AvgIpc) is 3.09. The van der Waals surface area contributed by atoms with E-state index in [1.54, 1.807) is 0 Å². The molecule has 2 aromatic rings. The fourth-order valence-corrected chi connectivity index (χ4v) is 3.98. The monoisotopic (exact) mass is 420 g/mol. The molecule has 0 saturated heterocycles. The largest absolute Gasteiger partial charge is 0.492 e.